The summed E-state index contributed by atoms with van der Waals surface area (Å²) in [5, 5.41) is 2.58. The highest BCUT2D eigenvalue weighted by molar-refractivity contribution is 5.81. The maximum atomic E-state index is 12.1. The maximum Gasteiger partial charge on any atom is 0.408 e. The fourth-order valence-electron chi connectivity index (χ4n) is 2.80. The molecule has 0 aromatic heterocycles. The number of benzene rings is 2. The number of rotatable bonds is 9. The average Bonchev–Trinajstić information content (AvgIpc) is 2.73. The first-order chi connectivity index (χ1) is 14.7. The number of hydrogen-bond acceptors (Lipinski definition) is 6. The van der Waals surface area contributed by atoms with E-state index >= 15 is 0 Å². The second kappa shape index (κ2) is 11.4. The van der Waals surface area contributed by atoms with Gasteiger partial charge in [0.15, 0.2) is 0 Å². The summed E-state index contributed by atoms with van der Waals surface area (Å²) in [5.41, 5.74) is 2.29. The highest BCUT2D eigenvalue weighted by Gasteiger charge is 2.25. The van der Waals surface area contributed by atoms with Crippen molar-refractivity contribution < 1.29 is 28.5 Å². The molecule has 0 radical (unpaired) electrons. The fraction of sp³-hybridized carbons (Fsp3) is 0.417. The monoisotopic (exact) mass is 429 g/mol. The molecule has 2 rings (SSSR count). The van der Waals surface area contributed by atoms with Crippen molar-refractivity contribution in [1.29, 1.82) is 0 Å². The minimum Gasteiger partial charge on any atom is -0.497 e. The number of hydrogen-bond donors (Lipinski definition) is 1. The predicted octanol–water partition coefficient (Wildman–Crippen LogP) is 4.02. The number of esters is 1. The Kier molecular flexibility index (Phi) is 8.88. The largest absolute Gasteiger partial charge is 0.497 e. The Balaban J connectivity index is 1.89. The quantitative estimate of drug-likeness (QED) is 0.606. The van der Waals surface area contributed by atoms with E-state index in [0.29, 0.717) is 19.6 Å². The summed E-state index contributed by atoms with van der Waals surface area (Å²) >= 11 is 0. The van der Waals surface area contributed by atoms with Gasteiger partial charge in [-0.15, -0.1) is 0 Å². The molecular weight excluding hydrogens is 398 g/mol. The minimum absolute atomic E-state index is 0.291. The van der Waals surface area contributed by atoms with Gasteiger partial charge >= 0.3 is 12.1 Å². The summed E-state index contributed by atoms with van der Waals surface area (Å²) in [5.74, 6) is 0.281. The molecule has 0 unspecified atom stereocenters. The lowest BCUT2D eigenvalue weighted by molar-refractivity contribution is -0.143. The van der Waals surface area contributed by atoms with E-state index in [1.54, 1.807) is 27.9 Å². The Morgan fingerprint density at radius 2 is 1.39 bits per heavy atom. The van der Waals surface area contributed by atoms with Crippen LogP contribution in [0.4, 0.5) is 4.79 Å². The van der Waals surface area contributed by atoms with Crippen LogP contribution in [0.3, 0.4) is 0 Å². The van der Waals surface area contributed by atoms with E-state index in [0.717, 1.165) is 22.4 Å². The molecule has 0 saturated carbocycles. The van der Waals surface area contributed by atoms with Crippen molar-refractivity contribution in [2.45, 2.75) is 52.0 Å². The van der Waals surface area contributed by atoms with E-state index in [1.807, 2.05) is 48.5 Å². The van der Waals surface area contributed by atoms with E-state index in [-0.39, 0.29) is 0 Å². The van der Waals surface area contributed by atoms with Gasteiger partial charge in [-0.25, -0.2) is 9.59 Å². The molecule has 2 aromatic rings. The van der Waals surface area contributed by atoms with Crippen molar-refractivity contribution in [3.8, 4) is 5.75 Å². The zero-order valence-corrected chi connectivity index (χ0v) is 18.8. The van der Waals surface area contributed by atoms with Gasteiger partial charge in [0.05, 0.1) is 27.4 Å². The van der Waals surface area contributed by atoms with Crippen LogP contribution >= 0.6 is 0 Å². The molecule has 7 nitrogen and oxygen atoms in total. The summed E-state index contributed by atoms with van der Waals surface area (Å²) in [4.78, 5) is 24.1. The maximum absolute atomic E-state index is 12.1. The smallest absolute Gasteiger partial charge is 0.408 e. The molecule has 0 aliphatic rings. The zero-order chi connectivity index (χ0) is 22.9. The normalized spacial score (nSPS) is 12.0. The molecule has 1 N–H and O–H groups in total. The molecule has 1 atom stereocenters. The SMILES string of the molecule is COC(=O)[C@H](Cc1ccc(COCc2ccc(OC)cc2)cc1)NC(=O)OC(C)(C)C. The molecule has 0 bridgehead atoms. The Morgan fingerprint density at radius 1 is 0.871 bits per heavy atom. The van der Waals surface area contributed by atoms with Gasteiger partial charge in [0.2, 0.25) is 0 Å². The van der Waals surface area contributed by atoms with Crippen LogP contribution in [0.1, 0.15) is 37.5 Å². The molecule has 2 aromatic carbocycles. The fourth-order valence-corrected chi connectivity index (χ4v) is 2.80. The van der Waals surface area contributed by atoms with Crippen LogP contribution in [0.2, 0.25) is 0 Å². The second-order valence-electron chi connectivity index (χ2n) is 8.08. The van der Waals surface area contributed by atoms with Crippen LogP contribution in [0.5, 0.6) is 5.75 Å². The molecule has 168 valence electrons. The van der Waals surface area contributed by atoms with Gasteiger partial charge in [-0.05, 0) is 49.6 Å². The van der Waals surface area contributed by atoms with Crippen molar-refractivity contribution in [2.75, 3.05) is 14.2 Å². The number of alkyl carbamates (subject to hydrolysis) is 1. The predicted molar refractivity (Wildman–Crippen MR) is 117 cm³/mol. The highest BCUT2D eigenvalue weighted by atomic mass is 16.6. The topological polar surface area (TPSA) is 83.1 Å². The highest BCUT2D eigenvalue weighted by Crippen LogP contribution is 2.14. The third-order valence-electron chi connectivity index (χ3n) is 4.34. The first-order valence-electron chi connectivity index (χ1n) is 10.1. The van der Waals surface area contributed by atoms with E-state index in [4.69, 9.17) is 18.9 Å². The molecular formula is C24H31NO6. The van der Waals surface area contributed by atoms with Gasteiger partial charge in [0, 0.05) is 6.42 Å². The summed E-state index contributed by atoms with van der Waals surface area (Å²) in [6.07, 6.45) is -0.370. The molecule has 0 spiro atoms. The second-order valence-corrected chi connectivity index (χ2v) is 8.08. The third-order valence-corrected chi connectivity index (χ3v) is 4.34. The minimum atomic E-state index is -0.836. The molecule has 31 heavy (non-hydrogen) atoms. The third kappa shape index (κ3) is 8.68. The first kappa shape index (κ1) is 24.2. The molecule has 0 heterocycles. The molecule has 1 amide bonds. The Morgan fingerprint density at radius 3 is 1.87 bits per heavy atom. The Bertz CT molecular complexity index is 840. The number of carbonyl (C=O) groups excluding carboxylic acids is 2. The first-order valence-corrected chi connectivity index (χ1v) is 10.1. The number of methoxy groups -OCH3 is 2. The van der Waals surface area contributed by atoms with Gasteiger partial charge in [-0.2, -0.15) is 0 Å². The summed E-state index contributed by atoms with van der Waals surface area (Å²) in [7, 11) is 2.92. The summed E-state index contributed by atoms with van der Waals surface area (Å²) in [6, 6.07) is 14.6. The van der Waals surface area contributed by atoms with Gasteiger partial charge in [0.1, 0.15) is 17.4 Å². The van der Waals surface area contributed by atoms with Gasteiger partial charge < -0.3 is 24.3 Å². The lowest BCUT2D eigenvalue weighted by Crippen LogP contribution is -2.45. The molecule has 0 aliphatic carbocycles. The van der Waals surface area contributed by atoms with Gasteiger partial charge in [0.25, 0.3) is 0 Å². The van der Waals surface area contributed by atoms with E-state index in [9.17, 15) is 9.59 Å². The Labute approximate surface area is 183 Å². The van der Waals surface area contributed by atoms with Crippen LogP contribution in [0.25, 0.3) is 0 Å². The van der Waals surface area contributed by atoms with Crippen LogP contribution in [0.15, 0.2) is 48.5 Å². The number of carbonyl (C=O) groups is 2. The lowest BCUT2D eigenvalue weighted by Gasteiger charge is -2.22. The average molecular weight is 430 g/mol. The lowest BCUT2D eigenvalue weighted by atomic mass is 10.0. The van der Waals surface area contributed by atoms with Crippen LogP contribution < -0.4 is 10.1 Å². The standard InChI is InChI=1S/C24H31NO6/c1-24(2,3)31-23(27)25-21(22(26)29-5)14-17-6-8-18(9-7-17)15-30-16-19-10-12-20(28-4)13-11-19/h6-13,21H,14-16H2,1-5H3,(H,25,27)/t21-/m0/s1. The Hall–Kier alpha value is -3.06. The van der Waals surface area contributed by atoms with Gasteiger partial charge in [-0.3, -0.25) is 0 Å². The zero-order valence-electron chi connectivity index (χ0n) is 18.8. The molecule has 0 fully saturated rings. The van der Waals surface area contributed by atoms with Crippen molar-refractivity contribution in [1.82, 2.24) is 5.32 Å². The van der Waals surface area contributed by atoms with Crippen LogP contribution in [0, 0.1) is 0 Å². The van der Waals surface area contributed by atoms with Crippen LogP contribution in [-0.4, -0.2) is 37.9 Å². The number of ether oxygens (including phenoxy) is 4. The number of amides is 1. The van der Waals surface area contributed by atoms with Crippen molar-refractivity contribution >= 4 is 12.1 Å². The van der Waals surface area contributed by atoms with E-state index in [2.05, 4.69) is 5.32 Å². The van der Waals surface area contributed by atoms with E-state index in [1.165, 1.54) is 7.11 Å². The van der Waals surface area contributed by atoms with Crippen molar-refractivity contribution in [3.63, 3.8) is 0 Å². The van der Waals surface area contributed by atoms with Gasteiger partial charge in [-0.1, -0.05) is 36.4 Å². The molecule has 0 aliphatic heterocycles. The molecule has 0 saturated heterocycles. The number of nitrogens with one attached hydrogen (secondary N) is 1. The summed E-state index contributed by atoms with van der Waals surface area (Å²) < 4.78 is 21.0. The van der Waals surface area contributed by atoms with Crippen molar-refractivity contribution in [3.05, 3.63) is 65.2 Å². The molecule has 7 heteroatoms. The van der Waals surface area contributed by atoms with Crippen LogP contribution in [-0.2, 0) is 38.6 Å². The van der Waals surface area contributed by atoms with E-state index < -0.39 is 23.7 Å². The van der Waals surface area contributed by atoms with Crippen molar-refractivity contribution in [2.24, 2.45) is 0 Å². The summed E-state index contributed by atoms with van der Waals surface area (Å²) in [6.45, 7) is 6.23.